The van der Waals surface area contributed by atoms with Crippen molar-refractivity contribution in [3.63, 3.8) is 0 Å². The lowest BCUT2D eigenvalue weighted by Gasteiger charge is -2.11. The molecule has 33 heavy (non-hydrogen) atoms. The van der Waals surface area contributed by atoms with Crippen molar-refractivity contribution >= 4 is 28.6 Å². The molecule has 0 unspecified atom stereocenters. The van der Waals surface area contributed by atoms with Crippen molar-refractivity contribution in [2.75, 3.05) is 13.7 Å². The van der Waals surface area contributed by atoms with Gasteiger partial charge in [0.05, 0.1) is 48.8 Å². The second-order valence-electron chi connectivity index (χ2n) is 6.77. The SMILES string of the molecule is CCOC(=O)c1cnn(-c2nc(OC)c3c(cnn3Cc3ccc(C(F)(F)F)c(Cl)c3)n2)c1. The van der Waals surface area contributed by atoms with Gasteiger partial charge in [0.1, 0.15) is 11.0 Å². The minimum Gasteiger partial charge on any atom is -0.479 e. The highest BCUT2D eigenvalue weighted by atomic mass is 35.5. The molecule has 0 amide bonds. The van der Waals surface area contributed by atoms with Crippen molar-refractivity contribution in [3.8, 4) is 11.8 Å². The molecule has 13 heteroatoms. The predicted octanol–water partition coefficient (Wildman–Crippen LogP) is 3.92. The molecule has 0 bridgehead atoms. The molecule has 0 radical (unpaired) electrons. The number of carbonyl (C=O) groups is 1. The summed E-state index contributed by atoms with van der Waals surface area (Å²) >= 11 is 5.82. The molecule has 0 atom stereocenters. The molecule has 4 rings (SSSR count). The Morgan fingerprint density at radius 3 is 2.64 bits per heavy atom. The van der Waals surface area contributed by atoms with E-state index >= 15 is 0 Å². The van der Waals surface area contributed by atoms with Crippen LogP contribution < -0.4 is 4.74 Å². The third kappa shape index (κ3) is 4.46. The van der Waals surface area contributed by atoms with Crippen molar-refractivity contribution < 1.29 is 27.4 Å². The lowest BCUT2D eigenvalue weighted by Crippen LogP contribution is -2.09. The number of hydrogen-bond donors (Lipinski definition) is 0. The van der Waals surface area contributed by atoms with Crippen molar-refractivity contribution in [1.82, 2.24) is 29.5 Å². The largest absolute Gasteiger partial charge is 0.479 e. The van der Waals surface area contributed by atoms with Gasteiger partial charge in [0, 0.05) is 6.20 Å². The van der Waals surface area contributed by atoms with Crippen LogP contribution in [-0.2, 0) is 17.5 Å². The van der Waals surface area contributed by atoms with Gasteiger partial charge in [0.15, 0.2) is 0 Å². The van der Waals surface area contributed by atoms with Crippen molar-refractivity contribution in [3.05, 3.63) is 58.5 Å². The van der Waals surface area contributed by atoms with Gasteiger partial charge in [-0.05, 0) is 24.6 Å². The molecule has 0 aliphatic rings. The van der Waals surface area contributed by atoms with Crippen molar-refractivity contribution in [2.45, 2.75) is 19.6 Å². The molecule has 0 aliphatic carbocycles. The van der Waals surface area contributed by atoms with E-state index in [1.54, 1.807) is 6.92 Å². The fourth-order valence-electron chi connectivity index (χ4n) is 3.13. The Labute approximate surface area is 189 Å². The van der Waals surface area contributed by atoms with E-state index in [4.69, 9.17) is 21.1 Å². The number of halogens is 4. The van der Waals surface area contributed by atoms with Gasteiger partial charge in [0.2, 0.25) is 5.88 Å². The molecule has 0 saturated heterocycles. The first-order chi connectivity index (χ1) is 15.7. The topological polar surface area (TPSA) is 97.0 Å². The maximum Gasteiger partial charge on any atom is 0.417 e. The van der Waals surface area contributed by atoms with E-state index in [-0.39, 0.29) is 30.5 Å². The number of rotatable bonds is 6. The van der Waals surface area contributed by atoms with E-state index in [1.165, 1.54) is 47.2 Å². The monoisotopic (exact) mass is 480 g/mol. The molecule has 0 aliphatic heterocycles. The highest BCUT2D eigenvalue weighted by Gasteiger charge is 2.33. The summed E-state index contributed by atoms with van der Waals surface area (Å²) in [5.74, 6) is -0.231. The maximum absolute atomic E-state index is 13.0. The highest BCUT2D eigenvalue weighted by molar-refractivity contribution is 6.31. The molecule has 9 nitrogen and oxygen atoms in total. The quantitative estimate of drug-likeness (QED) is 0.386. The van der Waals surface area contributed by atoms with Crippen LogP contribution in [0.25, 0.3) is 17.0 Å². The first-order valence-corrected chi connectivity index (χ1v) is 9.94. The first-order valence-electron chi connectivity index (χ1n) is 9.56. The summed E-state index contributed by atoms with van der Waals surface area (Å²) in [4.78, 5) is 20.6. The molecule has 0 fully saturated rings. The summed E-state index contributed by atoms with van der Waals surface area (Å²) in [6.45, 7) is 2.03. The number of carbonyl (C=O) groups excluding carboxylic acids is 1. The van der Waals surface area contributed by atoms with Crippen LogP contribution in [0, 0.1) is 0 Å². The number of nitrogens with zero attached hydrogens (tertiary/aromatic N) is 6. The molecular weight excluding hydrogens is 465 g/mol. The average Bonchev–Trinajstić information content (AvgIpc) is 3.40. The Balaban J connectivity index is 1.68. The Kier molecular flexibility index (Phi) is 5.93. The van der Waals surface area contributed by atoms with Crippen LogP contribution in [0.3, 0.4) is 0 Å². The van der Waals surface area contributed by atoms with Crippen LogP contribution in [0.15, 0.2) is 36.8 Å². The second-order valence-corrected chi connectivity index (χ2v) is 7.18. The number of fused-ring (bicyclic) bond motifs is 1. The number of hydrogen-bond acceptors (Lipinski definition) is 7. The van der Waals surface area contributed by atoms with Crippen LogP contribution in [0.4, 0.5) is 13.2 Å². The van der Waals surface area contributed by atoms with Crippen LogP contribution in [-0.4, -0.2) is 49.2 Å². The average molecular weight is 481 g/mol. The number of methoxy groups -OCH3 is 1. The molecule has 0 N–H and O–H groups in total. The Morgan fingerprint density at radius 1 is 1.18 bits per heavy atom. The van der Waals surface area contributed by atoms with E-state index in [0.29, 0.717) is 16.6 Å². The van der Waals surface area contributed by atoms with Gasteiger partial charge in [-0.2, -0.15) is 28.4 Å². The standard InChI is InChI=1S/C20H16ClF3N6O3/c1-3-33-18(31)12-7-25-30(10-12)19-27-15-8-26-29(16(15)17(28-19)32-2)9-11-4-5-13(14(21)6-11)20(22,23)24/h4-8,10H,3,9H2,1-2H3. The summed E-state index contributed by atoms with van der Waals surface area (Å²) in [5.41, 5.74) is 0.646. The third-order valence-electron chi connectivity index (χ3n) is 4.61. The number of alkyl halides is 3. The van der Waals surface area contributed by atoms with Crippen molar-refractivity contribution in [2.24, 2.45) is 0 Å². The van der Waals surface area contributed by atoms with E-state index < -0.39 is 22.7 Å². The van der Waals surface area contributed by atoms with Crippen molar-refractivity contribution in [1.29, 1.82) is 0 Å². The molecule has 3 aromatic heterocycles. The summed E-state index contributed by atoms with van der Waals surface area (Å²) in [6, 6.07) is 3.48. The van der Waals surface area contributed by atoms with Gasteiger partial charge in [-0.3, -0.25) is 4.68 Å². The molecule has 4 aromatic rings. The Morgan fingerprint density at radius 2 is 1.97 bits per heavy atom. The molecule has 0 saturated carbocycles. The van der Waals surface area contributed by atoms with E-state index in [1.807, 2.05) is 0 Å². The summed E-state index contributed by atoms with van der Waals surface area (Å²) in [5, 5.41) is 7.94. The normalized spacial score (nSPS) is 11.7. The zero-order valence-corrected chi connectivity index (χ0v) is 18.1. The Bertz CT molecular complexity index is 1330. The zero-order valence-electron chi connectivity index (χ0n) is 17.3. The fourth-order valence-corrected chi connectivity index (χ4v) is 3.44. The molecular formula is C20H16ClF3N6O3. The van der Waals surface area contributed by atoms with E-state index in [2.05, 4.69) is 20.2 Å². The van der Waals surface area contributed by atoms with Gasteiger partial charge < -0.3 is 9.47 Å². The number of ether oxygens (including phenoxy) is 2. The minimum absolute atomic E-state index is 0.106. The van der Waals surface area contributed by atoms with Gasteiger partial charge in [-0.25, -0.2) is 14.5 Å². The number of benzene rings is 1. The lowest BCUT2D eigenvalue weighted by atomic mass is 10.1. The molecule has 0 spiro atoms. The smallest absolute Gasteiger partial charge is 0.417 e. The minimum atomic E-state index is -4.54. The summed E-state index contributed by atoms with van der Waals surface area (Å²) in [7, 11) is 1.41. The van der Waals surface area contributed by atoms with Crippen LogP contribution >= 0.6 is 11.6 Å². The summed E-state index contributed by atoms with van der Waals surface area (Å²) < 4.78 is 52.0. The van der Waals surface area contributed by atoms with Crippen LogP contribution in [0.2, 0.25) is 5.02 Å². The first kappa shape index (κ1) is 22.5. The summed E-state index contributed by atoms with van der Waals surface area (Å²) in [6.07, 6.45) is -0.325. The van der Waals surface area contributed by atoms with Gasteiger partial charge in [-0.15, -0.1) is 0 Å². The van der Waals surface area contributed by atoms with Crippen LogP contribution in [0.5, 0.6) is 5.88 Å². The molecule has 3 heterocycles. The maximum atomic E-state index is 13.0. The van der Waals surface area contributed by atoms with Gasteiger partial charge >= 0.3 is 12.1 Å². The predicted molar refractivity (Wildman–Crippen MR) is 111 cm³/mol. The van der Waals surface area contributed by atoms with Gasteiger partial charge in [0.25, 0.3) is 5.95 Å². The molecule has 172 valence electrons. The van der Waals surface area contributed by atoms with Crippen LogP contribution in [0.1, 0.15) is 28.4 Å². The zero-order chi connectivity index (χ0) is 23.8. The number of aromatic nitrogens is 6. The third-order valence-corrected chi connectivity index (χ3v) is 4.92. The van der Waals surface area contributed by atoms with E-state index in [9.17, 15) is 18.0 Å². The molecule has 1 aromatic carbocycles. The lowest BCUT2D eigenvalue weighted by molar-refractivity contribution is -0.137. The fraction of sp³-hybridized carbons (Fsp3) is 0.250. The number of esters is 1. The highest BCUT2D eigenvalue weighted by Crippen LogP contribution is 2.35. The second kappa shape index (κ2) is 8.70. The van der Waals surface area contributed by atoms with E-state index in [0.717, 1.165) is 6.07 Å². The van der Waals surface area contributed by atoms with Gasteiger partial charge in [-0.1, -0.05) is 17.7 Å². The Hall–Kier alpha value is -3.67.